The summed E-state index contributed by atoms with van der Waals surface area (Å²) in [6.07, 6.45) is 4.78. The van der Waals surface area contributed by atoms with E-state index in [0.717, 1.165) is 24.4 Å². The molecule has 0 aliphatic heterocycles. The second-order valence-electron chi connectivity index (χ2n) is 5.80. The van der Waals surface area contributed by atoms with Gasteiger partial charge in [-0.05, 0) is 61.8 Å². The van der Waals surface area contributed by atoms with Crippen LogP contribution in [0.15, 0.2) is 18.2 Å². The lowest BCUT2D eigenvalue weighted by molar-refractivity contribution is 0.214. The van der Waals surface area contributed by atoms with Gasteiger partial charge in [0.25, 0.3) is 0 Å². The molecule has 0 aromatic heterocycles. The van der Waals surface area contributed by atoms with Crippen molar-refractivity contribution in [3.63, 3.8) is 0 Å². The summed E-state index contributed by atoms with van der Waals surface area (Å²) in [7, 11) is 0. The van der Waals surface area contributed by atoms with Crippen LogP contribution in [0.2, 0.25) is 5.02 Å². The Morgan fingerprint density at radius 3 is 2.84 bits per heavy atom. The zero-order valence-corrected chi connectivity index (χ0v) is 12.5. The molecule has 1 nitrogen and oxygen atoms in total. The highest BCUT2D eigenvalue weighted by molar-refractivity contribution is 6.30. The summed E-state index contributed by atoms with van der Waals surface area (Å²) in [4.78, 5) is 0. The zero-order valence-electron chi connectivity index (χ0n) is 11.8. The van der Waals surface area contributed by atoms with E-state index < -0.39 is 0 Å². The first kappa shape index (κ1) is 14.8. The van der Waals surface area contributed by atoms with Crippen molar-refractivity contribution in [3.05, 3.63) is 34.6 Å². The monoisotopic (exact) mass is 283 g/mol. The Morgan fingerprint density at radius 1 is 1.37 bits per heavy atom. The molecular weight excluding hydrogens is 261 g/mol. The number of halogens is 2. The normalized spacial score (nSPS) is 27.5. The molecule has 1 aromatic carbocycles. The highest BCUT2D eigenvalue weighted by atomic mass is 35.5. The molecule has 2 rings (SSSR count). The Balaban J connectivity index is 2.07. The summed E-state index contributed by atoms with van der Waals surface area (Å²) in [6, 6.07) is 5.71. The topological polar surface area (TPSA) is 12.0 Å². The molecule has 1 aromatic rings. The second kappa shape index (κ2) is 6.71. The minimum atomic E-state index is -0.328. The molecule has 0 amide bonds. The van der Waals surface area contributed by atoms with E-state index in [4.69, 9.17) is 11.6 Å². The maximum Gasteiger partial charge on any atom is 0.141 e. The lowest BCUT2D eigenvalue weighted by Gasteiger charge is -2.35. The fourth-order valence-electron chi connectivity index (χ4n) is 3.22. The third-order valence-corrected chi connectivity index (χ3v) is 4.48. The van der Waals surface area contributed by atoms with Crippen LogP contribution in [-0.2, 0) is 6.42 Å². The summed E-state index contributed by atoms with van der Waals surface area (Å²) in [5, 5.41) is 3.83. The molecule has 0 saturated heterocycles. The van der Waals surface area contributed by atoms with Crippen LogP contribution in [0.25, 0.3) is 0 Å². The number of benzene rings is 1. The first-order valence-electron chi connectivity index (χ1n) is 7.27. The molecule has 3 atom stereocenters. The molecule has 0 heterocycles. The van der Waals surface area contributed by atoms with Gasteiger partial charge in [-0.15, -0.1) is 0 Å². The Bertz CT molecular complexity index is 421. The van der Waals surface area contributed by atoms with Gasteiger partial charge in [0.2, 0.25) is 0 Å². The molecule has 0 bridgehead atoms. The summed E-state index contributed by atoms with van der Waals surface area (Å²) < 4.78 is 13.2. The van der Waals surface area contributed by atoms with Crippen molar-refractivity contribution in [1.82, 2.24) is 5.32 Å². The van der Waals surface area contributed by atoms with Crippen molar-refractivity contribution in [1.29, 1.82) is 0 Å². The fraction of sp³-hybridized carbons (Fsp3) is 0.625. The summed E-state index contributed by atoms with van der Waals surface area (Å²) in [5.74, 6) is 1.09. The van der Waals surface area contributed by atoms with Gasteiger partial charge < -0.3 is 5.32 Å². The Labute approximate surface area is 120 Å². The lowest BCUT2D eigenvalue weighted by Crippen LogP contribution is -2.41. The first-order chi connectivity index (χ1) is 9.10. The van der Waals surface area contributed by atoms with Gasteiger partial charge >= 0.3 is 0 Å². The Morgan fingerprint density at radius 2 is 2.16 bits per heavy atom. The second-order valence-corrected chi connectivity index (χ2v) is 6.20. The summed E-state index contributed by atoms with van der Waals surface area (Å²) in [5.41, 5.74) is 1.15. The quantitative estimate of drug-likeness (QED) is 0.862. The van der Waals surface area contributed by atoms with Gasteiger partial charge in [0.15, 0.2) is 0 Å². The summed E-state index contributed by atoms with van der Waals surface area (Å²) >= 11 is 5.87. The minimum absolute atomic E-state index is 0.237. The average Bonchev–Trinajstić information content (AvgIpc) is 2.37. The molecule has 0 spiro atoms. The maximum absolute atomic E-state index is 13.2. The van der Waals surface area contributed by atoms with Crippen molar-refractivity contribution in [2.45, 2.75) is 45.6 Å². The predicted octanol–water partition coefficient (Wildman–Crippen LogP) is 4.44. The molecule has 19 heavy (non-hydrogen) atoms. The molecule has 1 fully saturated rings. The first-order valence-corrected chi connectivity index (χ1v) is 7.65. The van der Waals surface area contributed by atoms with Crippen molar-refractivity contribution < 1.29 is 4.39 Å². The molecule has 1 N–H and O–H groups in total. The van der Waals surface area contributed by atoms with E-state index in [1.54, 1.807) is 6.07 Å². The highest BCUT2D eigenvalue weighted by Crippen LogP contribution is 2.32. The van der Waals surface area contributed by atoms with Crippen LogP contribution >= 0.6 is 11.6 Å². The molecule has 0 radical (unpaired) electrons. The molecular formula is C16H23ClFN. The minimum Gasteiger partial charge on any atom is -0.314 e. The molecule has 3 unspecified atom stereocenters. The molecule has 3 heteroatoms. The zero-order chi connectivity index (χ0) is 13.8. The summed E-state index contributed by atoms with van der Waals surface area (Å²) in [6.45, 7) is 5.50. The molecule has 1 aliphatic rings. The average molecular weight is 284 g/mol. The predicted molar refractivity (Wildman–Crippen MR) is 79.1 cm³/mol. The van der Waals surface area contributed by atoms with Gasteiger partial charge in [-0.25, -0.2) is 4.39 Å². The largest absolute Gasteiger partial charge is 0.314 e. The van der Waals surface area contributed by atoms with Gasteiger partial charge in [0.1, 0.15) is 5.82 Å². The number of hydrogen-bond acceptors (Lipinski definition) is 1. The van der Waals surface area contributed by atoms with Crippen LogP contribution in [-0.4, -0.2) is 12.6 Å². The SMILES string of the molecule is CCNC1CCC(C)CC1Cc1ccc(F)c(Cl)c1. The van der Waals surface area contributed by atoms with E-state index >= 15 is 0 Å². The molecule has 106 valence electrons. The third-order valence-electron chi connectivity index (χ3n) is 4.19. The standard InChI is InChI=1S/C16H23ClFN/c1-3-19-16-7-4-11(2)8-13(16)9-12-5-6-15(18)14(17)10-12/h5-6,10-11,13,16,19H,3-4,7-9H2,1-2H3. The van der Waals surface area contributed by atoms with Crippen molar-refractivity contribution >= 4 is 11.6 Å². The van der Waals surface area contributed by atoms with Gasteiger partial charge in [0, 0.05) is 6.04 Å². The van der Waals surface area contributed by atoms with Crippen molar-refractivity contribution in [2.75, 3.05) is 6.54 Å². The van der Waals surface area contributed by atoms with Crippen LogP contribution < -0.4 is 5.32 Å². The number of rotatable bonds is 4. The van der Waals surface area contributed by atoms with Crippen LogP contribution in [0.4, 0.5) is 4.39 Å². The number of hydrogen-bond donors (Lipinski definition) is 1. The van der Waals surface area contributed by atoms with Gasteiger partial charge in [-0.1, -0.05) is 31.5 Å². The lowest BCUT2D eigenvalue weighted by atomic mass is 9.76. The van der Waals surface area contributed by atoms with Crippen molar-refractivity contribution in [2.24, 2.45) is 11.8 Å². The maximum atomic E-state index is 13.2. The van der Waals surface area contributed by atoms with Crippen LogP contribution in [0, 0.1) is 17.7 Å². The van der Waals surface area contributed by atoms with E-state index in [1.165, 1.54) is 25.3 Å². The molecule has 1 aliphatic carbocycles. The smallest absolute Gasteiger partial charge is 0.141 e. The van der Waals surface area contributed by atoms with Crippen LogP contribution in [0.5, 0.6) is 0 Å². The van der Waals surface area contributed by atoms with Gasteiger partial charge in [-0.3, -0.25) is 0 Å². The van der Waals surface area contributed by atoms with Crippen LogP contribution in [0.1, 0.15) is 38.7 Å². The van der Waals surface area contributed by atoms with E-state index in [1.807, 2.05) is 6.07 Å². The van der Waals surface area contributed by atoms with Crippen molar-refractivity contribution in [3.8, 4) is 0 Å². The van der Waals surface area contributed by atoms with Crippen LogP contribution in [0.3, 0.4) is 0 Å². The van der Waals surface area contributed by atoms with Gasteiger partial charge in [0.05, 0.1) is 5.02 Å². The van der Waals surface area contributed by atoms with E-state index in [-0.39, 0.29) is 10.8 Å². The van der Waals surface area contributed by atoms with E-state index in [9.17, 15) is 4.39 Å². The number of nitrogens with one attached hydrogen (secondary N) is 1. The highest BCUT2D eigenvalue weighted by Gasteiger charge is 2.28. The third kappa shape index (κ3) is 3.93. The Kier molecular flexibility index (Phi) is 5.23. The van der Waals surface area contributed by atoms with Gasteiger partial charge in [-0.2, -0.15) is 0 Å². The fourth-order valence-corrected chi connectivity index (χ4v) is 3.43. The molecule has 1 saturated carbocycles. The van der Waals surface area contributed by atoms with E-state index in [2.05, 4.69) is 19.2 Å². The Hall–Kier alpha value is -0.600. The van der Waals surface area contributed by atoms with E-state index in [0.29, 0.717) is 12.0 Å².